The molecule has 0 aromatic carbocycles. The number of hydrogen-bond donors (Lipinski definition) is 2. The van der Waals surface area contributed by atoms with Crippen molar-refractivity contribution in [1.82, 2.24) is 25.4 Å². The fraction of sp³-hybridized carbons (Fsp3) is 0.655. The topological polar surface area (TPSA) is 119 Å². The highest BCUT2D eigenvalue weighted by Crippen LogP contribution is 2.51. The number of aromatic amines is 1. The van der Waals surface area contributed by atoms with Crippen LogP contribution in [0.15, 0.2) is 18.3 Å². The van der Waals surface area contributed by atoms with Crippen molar-refractivity contribution in [3.05, 3.63) is 29.8 Å². The molecule has 2 saturated carbocycles. The lowest BCUT2D eigenvalue weighted by molar-refractivity contribution is -0.293. The van der Waals surface area contributed by atoms with Gasteiger partial charge in [0.15, 0.2) is 17.1 Å². The number of ether oxygens (including phenoxy) is 3. The summed E-state index contributed by atoms with van der Waals surface area (Å²) in [6, 6.07) is 2.52. The number of likely N-dealkylation sites (tertiary alicyclic amines) is 1. The largest absolute Gasteiger partial charge is 0.481 e. The number of alkyl halides is 3. The van der Waals surface area contributed by atoms with E-state index in [1.807, 2.05) is 0 Å². The summed E-state index contributed by atoms with van der Waals surface area (Å²) in [5.74, 6) is -1.23. The molecule has 5 rings (SSSR count). The molecule has 2 N–H and O–H groups in total. The fourth-order valence-electron chi connectivity index (χ4n) is 6.20. The van der Waals surface area contributed by atoms with Gasteiger partial charge in [-0.25, -0.2) is 9.37 Å². The third-order valence-electron chi connectivity index (χ3n) is 9.12. The molecule has 2 aliphatic carbocycles. The number of nitrogens with one attached hydrogen (secondary N) is 2. The molecule has 1 saturated heterocycles. The van der Waals surface area contributed by atoms with Crippen molar-refractivity contribution >= 4 is 11.8 Å². The predicted molar refractivity (Wildman–Crippen MR) is 146 cm³/mol. The van der Waals surface area contributed by atoms with Crippen LogP contribution in [0.25, 0.3) is 11.3 Å². The first-order valence-electron chi connectivity index (χ1n) is 14.5. The summed E-state index contributed by atoms with van der Waals surface area (Å²) in [6.45, 7) is 1.82. The van der Waals surface area contributed by atoms with Crippen molar-refractivity contribution in [3.63, 3.8) is 0 Å². The minimum Gasteiger partial charge on any atom is -0.481 e. The molecule has 10 nitrogen and oxygen atoms in total. The summed E-state index contributed by atoms with van der Waals surface area (Å²) in [5, 5.41) is 9.81. The lowest BCUT2D eigenvalue weighted by Crippen LogP contribution is -2.55. The maximum absolute atomic E-state index is 14.4. The first-order chi connectivity index (χ1) is 20.4. The number of piperidine rings is 1. The van der Waals surface area contributed by atoms with E-state index in [1.54, 1.807) is 11.8 Å². The molecule has 2 aromatic heterocycles. The van der Waals surface area contributed by atoms with Crippen LogP contribution in [0.3, 0.4) is 0 Å². The number of rotatable bonds is 9. The third-order valence-corrected chi connectivity index (χ3v) is 9.12. The van der Waals surface area contributed by atoms with Gasteiger partial charge in [0.25, 0.3) is 5.91 Å². The number of halogens is 4. The molecule has 1 aliphatic heterocycles. The molecule has 0 radical (unpaired) electrons. The van der Waals surface area contributed by atoms with Gasteiger partial charge in [0.1, 0.15) is 0 Å². The molecule has 14 heteroatoms. The van der Waals surface area contributed by atoms with E-state index in [0.717, 1.165) is 19.0 Å². The van der Waals surface area contributed by atoms with E-state index in [0.29, 0.717) is 25.1 Å². The number of nitrogens with zero attached hydrogens (tertiary/aromatic N) is 3. The molecule has 0 bridgehead atoms. The molecular weight excluding hydrogens is 574 g/mol. The van der Waals surface area contributed by atoms with Crippen LogP contribution >= 0.6 is 0 Å². The number of aromatic nitrogens is 3. The molecule has 3 aliphatic rings. The monoisotopic (exact) mass is 611 g/mol. The summed E-state index contributed by atoms with van der Waals surface area (Å²) in [6.07, 6.45) is -1.76. The van der Waals surface area contributed by atoms with Crippen molar-refractivity contribution in [3.8, 4) is 17.1 Å². The Labute approximate surface area is 246 Å². The van der Waals surface area contributed by atoms with Gasteiger partial charge in [-0.2, -0.15) is 18.3 Å². The molecule has 1 spiro atoms. The minimum absolute atomic E-state index is 0.136. The summed E-state index contributed by atoms with van der Waals surface area (Å²) < 4.78 is 71.8. The van der Waals surface area contributed by atoms with E-state index < -0.39 is 29.2 Å². The molecule has 0 unspecified atom stereocenters. The molecule has 43 heavy (non-hydrogen) atoms. The van der Waals surface area contributed by atoms with Gasteiger partial charge in [0.05, 0.1) is 31.7 Å². The summed E-state index contributed by atoms with van der Waals surface area (Å²) in [5.41, 5.74) is -2.10. The standard InChI is InChI=1S/C29H37F4N5O5/c1-17(41-2)16-43-28(29(31,32)33)7-4-19(5-8-28)35-25(39)18-6-11-38(27(14-18)9-10-27)26(40)23-13-22(36-37-23)20-12-24(42-3)34-15-21(20)30/h12-13,15,17-19H,4-11,14,16H2,1-3H3,(H,35,39)(H,36,37)/t17-,18-,19?,28?/m0/s1. The second-order valence-electron chi connectivity index (χ2n) is 11.9. The van der Waals surface area contributed by atoms with Gasteiger partial charge in [-0.05, 0) is 64.4 Å². The Morgan fingerprint density at radius 3 is 2.51 bits per heavy atom. The number of pyridine rings is 1. The van der Waals surface area contributed by atoms with Crippen LogP contribution in [0.5, 0.6) is 5.88 Å². The van der Waals surface area contributed by atoms with Gasteiger partial charge in [-0.15, -0.1) is 0 Å². The Bertz CT molecular complexity index is 1320. The van der Waals surface area contributed by atoms with Crippen LogP contribution < -0.4 is 10.1 Å². The van der Waals surface area contributed by atoms with Gasteiger partial charge in [0.2, 0.25) is 11.8 Å². The Balaban J connectivity index is 1.18. The highest BCUT2D eigenvalue weighted by Gasteiger charge is 2.58. The van der Waals surface area contributed by atoms with Gasteiger partial charge < -0.3 is 24.4 Å². The summed E-state index contributed by atoms with van der Waals surface area (Å²) in [4.78, 5) is 32.3. The zero-order valence-electron chi connectivity index (χ0n) is 24.4. The van der Waals surface area contributed by atoms with E-state index in [9.17, 15) is 27.2 Å². The Morgan fingerprint density at radius 1 is 1.16 bits per heavy atom. The maximum atomic E-state index is 14.4. The van der Waals surface area contributed by atoms with Crippen molar-refractivity contribution in [2.75, 3.05) is 27.4 Å². The zero-order valence-corrected chi connectivity index (χ0v) is 24.4. The summed E-state index contributed by atoms with van der Waals surface area (Å²) >= 11 is 0. The number of carbonyl (C=O) groups is 2. The van der Waals surface area contributed by atoms with E-state index in [4.69, 9.17) is 14.2 Å². The number of carbonyl (C=O) groups excluding carboxylic acids is 2. The van der Waals surface area contributed by atoms with Crippen molar-refractivity contribution in [2.45, 2.75) is 87.8 Å². The van der Waals surface area contributed by atoms with Crippen LogP contribution in [-0.2, 0) is 14.3 Å². The summed E-state index contributed by atoms with van der Waals surface area (Å²) in [7, 11) is 2.84. The predicted octanol–water partition coefficient (Wildman–Crippen LogP) is 4.42. The van der Waals surface area contributed by atoms with E-state index in [2.05, 4.69) is 20.5 Å². The van der Waals surface area contributed by atoms with Crippen LogP contribution in [0.2, 0.25) is 0 Å². The molecular formula is C29H37F4N5O5. The highest BCUT2D eigenvalue weighted by molar-refractivity contribution is 5.94. The molecule has 3 heterocycles. The number of H-pyrrole nitrogens is 1. The van der Waals surface area contributed by atoms with Crippen molar-refractivity contribution in [1.29, 1.82) is 0 Å². The first kappa shape index (κ1) is 31.2. The average Bonchev–Trinajstić information content (AvgIpc) is 3.56. The second-order valence-corrected chi connectivity index (χ2v) is 11.9. The zero-order chi connectivity index (χ0) is 31.0. The SMILES string of the molecule is COc1cc(-c2cc(C(=O)N3CC[C@H](C(=O)NC4CCC(OC[C@H](C)OC)(C(F)(F)F)CC4)CC34CC4)n[nH]2)c(F)cn1. The normalized spacial score (nSPS) is 25.8. The lowest BCUT2D eigenvalue weighted by Gasteiger charge is -2.42. The Hall–Kier alpha value is -3.26. The van der Waals surface area contributed by atoms with Crippen LogP contribution in [-0.4, -0.2) is 88.7 Å². The van der Waals surface area contributed by atoms with Crippen molar-refractivity contribution < 1.29 is 41.4 Å². The minimum atomic E-state index is -4.53. The third kappa shape index (κ3) is 6.35. The van der Waals surface area contributed by atoms with Crippen LogP contribution in [0.1, 0.15) is 68.8 Å². The maximum Gasteiger partial charge on any atom is 0.417 e. The molecule has 2 amide bonds. The quantitative estimate of drug-likeness (QED) is 0.403. The van der Waals surface area contributed by atoms with Gasteiger partial charge in [-0.1, -0.05) is 0 Å². The molecule has 3 fully saturated rings. The molecule has 2 aromatic rings. The van der Waals surface area contributed by atoms with Gasteiger partial charge in [-0.3, -0.25) is 14.7 Å². The van der Waals surface area contributed by atoms with Crippen LogP contribution in [0, 0.1) is 11.7 Å². The number of amides is 2. The Morgan fingerprint density at radius 2 is 1.88 bits per heavy atom. The van der Waals surface area contributed by atoms with Gasteiger partial charge >= 0.3 is 6.18 Å². The van der Waals surface area contributed by atoms with Crippen molar-refractivity contribution in [2.24, 2.45) is 5.92 Å². The molecule has 2 atom stereocenters. The highest BCUT2D eigenvalue weighted by atomic mass is 19.4. The first-order valence-corrected chi connectivity index (χ1v) is 14.5. The fourth-order valence-corrected chi connectivity index (χ4v) is 6.20. The number of methoxy groups -OCH3 is 2. The smallest absolute Gasteiger partial charge is 0.417 e. The van der Waals surface area contributed by atoms with Crippen LogP contribution in [0.4, 0.5) is 17.6 Å². The second kappa shape index (κ2) is 12.0. The van der Waals surface area contributed by atoms with E-state index in [-0.39, 0.29) is 73.2 Å². The Kier molecular flexibility index (Phi) is 8.72. The van der Waals surface area contributed by atoms with E-state index >= 15 is 0 Å². The number of hydrogen-bond acceptors (Lipinski definition) is 7. The lowest BCUT2D eigenvalue weighted by atomic mass is 9.80. The van der Waals surface area contributed by atoms with E-state index in [1.165, 1.54) is 26.4 Å². The van der Waals surface area contributed by atoms with Gasteiger partial charge in [0, 0.05) is 42.8 Å². The molecule has 236 valence electrons. The average molecular weight is 612 g/mol.